The molecule has 0 rings (SSSR count). The summed E-state index contributed by atoms with van der Waals surface area (Å²) in [5.41, 5.74) is -0.491. The zero-order chi connectivity index (χ0) is 11.4. The zero-order valence-corrected chi connectivity index (χ0v) is 9.05. The molecule has 0 saturated heterocycles. The Labute approximate surface area is 83.9 Å². The molecule has 0 aliphatic heterocycles. The maximum atomic E-state index is 11.2. The van der Waals surface area contributed by atoms with Gasteiger partial charge in [-0.25, -0.2) is 4.79 Å². The Kier molecular flexibility index (Phi) is 4.56. The Hall–Kier alpha value is -1.10. The van der Waals surface area contributed by atoms with Crippen LogP contribution in [0.25, 0.3) is 0 Å². The maximum Gasteiger partial charge on any atom is 0.326 e. The summed E-state index contributed by atoms with van der Waals surface area (Å²) in [6.45, 7) is 5.43. The van der Waals surface area contributed by atoms with E-state index in [-0.39, 0.29) is 12.5 Å². The Balaban J connectivity index is 4.40. The fourth-order valence-corrected chi connectivity index (χ4v) is 1.02. The molecular formula is C9H18N2O3. The van der Waals surface area contributed by atoms with Gasteiger partial charge in [-0.3, -0.25) is 4.79 Å². The third kappa shape index (κ3) is 4.23. The second-order valence-corrected chi connectivity index (χ2v) is 4.24. The Morgan fingerprint density at radius 2 is 1.86 bits per heavy atom. The SMILES string of the molecule is CNCC(=O)N[C@H](C(=O)O)C(C)(C)C. The van der Waals surface area contributed by atoms with Gasteiger partial charge in [-0.15, -0.1) is 0 Å². The molecule has 0 aromatic heterocycles. The highest BCUT2D eigenvalue weighted by atomic mass is 16.4. The lowest BCUT2D eigenvalue weighted by molar-refractivity contribution is -0.144. The highest BCUT2D eigenvalue weighted by Crippen LogP contribution is 2.19. The van der Waals surface area contributed by atoms with E-state index in [1.54, 1.807) is 27.8 Å². The van der Waals surface area contributed by atoms with Crippen LogP contribution in [-0.2, 0) is 9.59 Å². The number of aliphatic carboxylic acids is 1. The van der Waals surface area contributed by atoms with E-state index >= 15 is 0 Å². The van der Waals surface area contributed by atoms with Crippen LogP contribution in [-0.4, -0.2) is 36.6 Å². The van der Waals surface area contributed by atoms with Gasteiger partial charge in [0.25, 0.3) is 0 Å². The second-order valence-electron chi connectivity index (χ2n) is 4.24. The molecule has 0 saturated carbocycles. The van der Waals surface area contributed by atoms with Crippen LogP contribution in [0.2, 0.25) is 0 Å². The average Bonchev–Trinajstić information content (AvgIpc) is 1.98. The second kappa shape index (κ2) is 4.95. The van der Waals surface area contributed by atoms with Gasteiger partial charge in [0.1, 0.15) is 6.04 Å². The molecule has 82 valence electrons. The fourth-order valence-electron chi connectivity index (χ4n) is 1.02. The molecule has 3 N–H and O–H groups in total. The number of hydrogen-bond acceptors (Lipinski definition) is 3. The van der Waals surface area contributed by atoms with Gasteiger partial charge in [-0.2, -0.15) is 0 Å². The van der Waals surface area contributed by atoms with E-state index in [0.717, 1.165) is 0 Å². The summed E-state index contributed by atoms with van der Waals surface area (Å²) >= 11 is 0. The van der Waals surface area contributed by atoms with Crippen molar-refractivity contribution in [2.75, 3.05) is 13.6 Å². The predicted octanol–water partition coefficient (Wildman–Crippen LogP) is -0.179. The summed E-state index contributed by atoms with van der Waals surface area (Å²) in [7, 11) is 1.63. The van der Waals surface area contributed by atoms with Crippen molar-refractivity contribution in [3.8, 4) is 0 Å². The summed E-state index contributed by atoms with van der Waals surface area (Å²) in [6.07, 6.45) is 0. The van der Waals surface area contributed by atoms with Crippen LogP contribution < -0.4 is 10.6 Å². The minimum Gasteiger partial charge on any atom is -0.480 e. The van der Waals surface area contributed by atoms with E-state index in [0.29, 0.717) is 0 Å². The van der Waals surface area contributed by atoms with Gasteiger partial charge in [0.15, 0.2) is 0 Å². The standard InChI is InChI=1S/C9H18N2O3/c1-9(2,3)7(8(13)14)11-6(12)5-10-4/h7,10H,5H2,1-4H3,(H,11,12)(H,13,14)/t7-/m1/s1. The van der Waals surface area contributed by atoms with Gasteiger partial charge >= 0.3 is 5.97 Å². The highest BCUT2D eigenvalue weighted by Gasteiger charge is 2.32. The molecule has 1 amide bonds. The fraction of sp³-hybridized carbons (Fsp3) is 0.778. The largest absolute Gasteiger partial charge is 0.480 e. The third-order valence-electron chi connectivity index (χ3n) is 1.76. The molecule has 0 unspecified atom stereocenters. The van der Waals surface area contributed by atoms with Crippen LogP contribution in [0.1, 0.15) is 20.8 Å². The van der Waals surface area contributed by atoms with Crippen molar-refractivity contribution < 1.29 is 14.7 Å². The van der Waals surface area contributed by atoms with Crippen molar-refractivity contribution in [1.82, 2.24) is 10.6 Å². The van der Waals surface area contributed by atoms with E-state index in [1.807, 2.05) is 0 Å². The molecule has 0 fully saturated rings. The number of likely N-dealkylation sites (N-methyl/N-ethyl adjacent to an activating group) is 1. The molecule has 0 aliphatic carbocycles. The lowest BCUT2D eigenvalue weighted by atomic mass is 9.87. The highest BCUT2D eigenvalue weighted by molar-refractivity contribution is 5.85. The summed E-state index contributed by atoms with van der Waals surface area (Å²) in [5, 5.41) is 14.0. The molecule has 0 heterocycles. The lowest BCUT2D eigenvalue weighted by Crippen LogP contribution is -2.50. The number of hydrogen-bond donors (Lipinski definition) is 3. The first-order valence-corrected chi connectivity index (χ1v) is 4.45. The number of rotatable bonds is 4. The van der Waals surface area contributed by atoms with Gasteiger partial charge in [-0.05, 0) is 12.5 Å². The Morgan fingerprint density at radius 1 is 1.36 bits per heavy atom. The quantitative estimate of drug-likeness (QED) is 0.591. The minimum absolute atomic E-state index is 0.125. The van der Waals surface area contributed by atoms with Crippen molar-refractivity contribution >= 4 is 11.9 Å². The summed E-state index contributed by atoms with van der Waals surface area (Å²) in [6, 6.07) is -0.858. The van der Waals surface area contributed by atoms with Crippen LogP contribution in [0.15, 0.2) is 0 Å². The lowest BCUT2D eigenvalue weighted by Gasteiger charge is -2.27. The van der Waals surface area contributed by atoms with Gasteiger partial charge in [0.05, 0.1) is 6.54 Å². The number of carboxylic acids is 1. The van der Waals surface area contributed by atoms with E-state index < -0.39 is 17.4 Å². The third-order valence-corrected chi connectivity index (χ3v) is 1.76. The number of carbonyl (C=O) groups is 2. The number of amides is 1. The topological polar surface area (TPSA) is 78.4 Å². The van der Waals surface area contributed by atoms with E-state index in [4.69, 9.17) is 5.11 Å². The first-order valence-electron chi connectivity index (χ1n) is 4.45. The molecule has 1 atom stereocenters. The average molecular weight is 202 g/mol. The van der Waals surface area contributed by atoms with Crippen molar-refractivity contribution in [2.24, 2.45) is 5.41 Å². The van der Waals surface area contributed by atoms with Crippen LogP contribution in [0, 0.1) is 5.41 Å². The first-order chi connectivity index (χ1) is 6.29. The van der Waals surface area contributed by atoms with Gasteiger partial charge in [0.2, 0.25) is 5.91 Å². The molecule has 0 aliphatic rings. The van der Waals surface area contributed by atoms with Crippen LogP contribution >= 0.6 is 0 Å². The van der Waals surface area contributed by atoms with Crippen LogP contribution in [0.3, 0.4) is 0 Å². The van der Waals surface area contributed by atoms with Gasteiger partial charge in [0, 0.05) is 0 Å². The van der Waals surface area contributed by atoms with Crippen LogP contribution in [0.5, 0.6) is 0 Å². The zero-order valence-electron chi connectivity index (χ0n) is 9.05. The Bertz CT molecular complexity index is 221. The van der Waals surface area contributed by atoms with E-state index in [9.17, 15) is 9.59 Å². The molecule has 0 aromatic carbocycles. The van der Waals surface area contributed by atoms with Crippen molar-refractivity contribution in [3.05, 3.63) is 0 Å². The molecule has 0 spiro atoms. The van der Waals surface area contributed by atoms with Crippen molar-refractivity contribution in [3.63, 3.8) is 0 Å². The first kappa shape index (κ1) is 12.9. The predicted molar refractivity (Wildman–Crippen MR) is 52.9 cm³/mol. The minimum atomic E-state index is -1.01. The number of carbonyl (C=O) groups excluding carboxylic acids is 1. The molecule has 5 nitrogen and oxygen atoms in total. The Morgan fingerprint density at radius 3 is 2.14 bits per heavy atom. The monoisotopic (exact) mass is 202 g/mol. The maximum absolute atomic E-state index is 11.2. The summed E-state index contributed by atoms with van der Waals surface area (Å²) in [5.74, 6) is -1.32. The molecule has 5 heteroatoms. The van der Waals surface area contributed by atoms with Gasteiger partial charge < -0.3 is 15.7 Å². The summed E-state index contributed by atoms with van der Waals surface area (Å²) in [4.78, 5) is 22.0. The van der Waals surface area contributed by atoms with E-state index in [1.165, 1.54) is 0 Å². The molecule has 14 heavy (non-hydrogen) atoms. The molecular weight excluding hydrogens is 184 g/mol. The molecule has 0 aromatic rings. The smallest absolute Gasteiger partial charge is 0.326 e. The molecule has 0 radical (unpaired) electrons. The normalized spacial score (nSPS) is 13.4. The van der Waals surface area contributed by atoms with Crippen LogP contribution in [0.4, 0.5) is 0 Å². The molecule has 0 bridgehead atoms. The van der Waals surface area contributed by atoms with E-state index in [2.05, 4.69) is 10.6 Å². The van der Waals surface area contributed by atoms with Gasteiger partial charge in [-0.1, -0.05) is 20.8 Å². The van der Waals surface area contributed by atoms with Crippen molar-refractivity contribution in [1.29, 1.82) is 0 Å². The number of nitrogens with one attached hydrogen (secondary N) is 2. The number of carboxylic acid groups (broad SMARTS) is 1. The summed E-state index contributed by atoms with van der Waals surface area (Å²) < 4.78 is 0. The van der Waals surface area contributed by atoms with Crippen molar-refractivity contribution in [2.45, 2.75) is 26.8 Å².